The first kappa shape index (κ1) is 13.3. The first-order valence-corrected chi connectivity index (χ1v) is 9.08. The van der Waals surface area contributed by atoms with Gasteiger partial charge in [-0.05, 0) is 62.2 Å². The molecular weight excluding hydrogens is 272 g/mol. The van der Waals surface area contributed by atoms with E-state index in [1.54, 1.807) is 6.33 Å². The van der Waals surface area contributed by atoms with Crippen LogP contribution in [-0.2, 0) is 0 Å². The smallest absolute Gasteiger partial charge is 0.132 e. The molecule has 1 aromatic rings. The summed E-state index contributed by atoms with van der Waals surface area (Å²) in [6.45, 7) is 1.98. The van der Waals surface area contributed by atoms with Crippen molar-refractivity contribution in [3.8, 4) is 0 Å². The Morgan fingerprint density at radius 2 is 1.73 bits per heavy atom. The summed E-state index contributed by atoms with van der Waals surface area (Å²) < 4.78 is 0. The van der Waals surface area contributed by atoms with Crippen LogP contribution in [0.4, 0.5) is 5.82 Å². The Morgan fingerprint density at radius 3 is 2.36 bits per heavy atom. The van der Waals surface area contributed by atoms with Crippen molar-refractivity contribution in [1.82, 2.24) is 9.97 Å². The van der Waals surface area contributed by atoms with Gasteiger partial charge in [-0.3, -0.25) is 0 Å². The average molecular weight is 298 g/mol. The van der Waals surface area contributed by atoms with E-state index in [1.165, 1.54) is 37.8 Å². The monoisotopic (exact) mass is 298 g/mol. The van der Waals surface area contributed by atoms with Crippen LogP contribution in [0.3, 0.4) is 0 Å². The minimum atomic E-state index is 0.305. The quantitative estimate of drug-likeness (QED) is 0.911. The van der Waals surface area contributed by atoms with E-state index in [4.69, 9.17) is 10.7 Å². The molecule has 1 aromatic heterocycles. The van der Waals surface area contributed by atoms with Gasteiger partial charge in [-0.2, -0.15) is 0 Å². The molecule has 4 aliphatic carbocycles. The molecule has 5 fully saturated rings. The summed E-state index contributed by atoms with van der Waals surface area (Å²) in [4.78, 5) is 11.6. The number of hydrogen-bond acceptors (Lipinski definition) is 4. The van der Waals surface area contributed by atoms with Gasteiger partial charge in [-0.25, -0.2) is 9.97 Å². The maximum absolute atomic E-state index is 6.05. The second-order valence-corrected chi connectivity index (χ2v) is 8.25. The van der Waals surface area contributed by atoms with Gasteiger partial charge in [0, 0.05) is 36.8 Å². The van der Waals surface area contributed by atoms with Gasteiger partial charge < -0.3 is 10.6 Å². The summed E-state index contributed by atoms with van der Waals surface area (Å²) in [6, 6.07) is 2.59. The Labute approximate surface area is 132 Å². The zero-order chi connectivity index (χ0) is 14.7. The third kappa shape index (κ3) is 2.07. The van der Waals surface area contributed by atoms with Crippen LogP contribution in [0.5, 0.6) is 0 Å². The highest BCUT2D eigenvalue weighted by atomic mass is 15.2. The second-order valence-electron chi connectivity index (χ2n) is 8.25. The molecule has 4 heteroatoms. The topological polar surface area (TPSA) is 55.0 Å². The van der Waals surface area contributed by atoms with Gasteiger partial charge in [0.1, 0.15) is 12.1 Å². The van der Waals surface area contributed by atoms with Gasteiger partial charge >= 0.3 is 0 Å². The van der Waals surface area contributed by atoms with Crippen LogP contribution in [-0.4, -0.2) is 29.1 Å². The SMILES string of the molecule is N[C@@H]1CCN(c2cc(C3C4CC5CC(C4)CC3C5)ncn2)C1. The molecule has 6 rings (SSSR count). The van der Waals surface area contributed by atoms with Crippen molar-refractivity contribution < 1.29 is 0 Å². The minimum absolute atomic E-state index is 0.305. The lowest BCUT2D eigenvalue weighted by Gasteiger charge is -2.54. The molecule has 0 unspecified atom stereocenters. The number of hydrogen-bond donors (Lipinski definition) is 1. The van der Waals surface area contributed by atoms with Crippen molar-refractivity contribution in [2.45, 2.75) is 50.5 Å². The molecule has 0 radical (unpaired) electrons. The molecular formula is C18H26N4. The van der Waals surface area contributed by atoms with Crippen molar-refractivity contribution in [3.05, 3.63) is 18.1 Å². The van der Waals surface area contributed by atoms with E-state index in [0.717, 1.165) is 49.0 Å². The number of rotatable bonds is 2. The first-order chi connectivity index (χ1) is 10.8. The standard InChI is InChI=1S/C18H26N4/c19-15-1-2-22(9-15)17-8-16(20-10-21-17)18-13-4-11-3-12(6-13)7-14(18)5-11/h8,10-15,18H,1-7,9,19H2/t11?,12?,13?,14?,15-,18?/m1/s1. The van der Waals surface area contributed by atoms with Gasteiger partial charge in [-0.1, -0.05) is 0 Å². The van der Waals surface area contributed by atoms with Crippen molar-refractivity contribution >= 4 is 5.82 Å². The zero-order valence-corrected chi connectivity index (χ0v) is 13.2. The second kappa shape index (κ2) is 4.92. The highest BCUT2D eigenvalue weighted by Crippen LogP contribution is 2.59. The zero-order valence-electron chi connectivity index (χ0n) is 13.2. The van der Waals surface area contributed by atoms with Crippen LogP contribution < -0.4 is 10.6 Å². The summed E-state index contributed by atoms with van der Waals surface area (Å²) >= 11 is 0. The van der Waals surface area contributed by atoms with E-state index < -0.39 is 0 Å². The molecule has 118 valence electrons. The van der Waals surface area contributed by atoms with Gasteiger partial charge in [-0.15, -0.1) is 0 Å². The van der Waals surface area contributed by atoms with Gasteiger partial charge in [0.25, 0.3) is 0 Å². The van der Waals surface area contributed by atoms with Crippen molar-refractivity contribution in [2.24, 2.45) is 29.4 Å². The van der Waals surface area contributed by atoms with E-state index in [9.17, 15) is 0 Å². The normalized spacial score (nSPS) is 43.0. The van der Waals surface area contributed by atoms with E-state index in [2.05, 4.69) is 16.0 Å². The molecule has 2 heterocycles. The predicted octanol–water partition coefficient (Wildman–Crippen LogP) is 2.55. The van der Waals surface area contributed by atoms with Gasteiger partial charge in [0.05, 0.1) is 0 Å². The highest BCUT2D eigenvalue weighted by Gasteiger charge is 2.49. The third-order valence-corrected chi connectivity index (χ3v) is 6.79. The minimum Gasteiger partial charge on any atom is -0.355 e. The maximum atomic E-state index is 6.05. The Hall–Kier alpha value is -1.16. The van der Waals surface area contributed by atoms with Crippen molar-refractivity contribution in [1.29, 1.82) is 0 Å². The van der Waals surface area contributed by atoms with Crippen LogP contribution in [0.2, 0.25) is 0 Å². The molecule has 1 atom stereocenters. The fourth-order valence-corrected chi connectivity index (χ4v) is 6.12. The molecule has 0 spiro atoms. The third-order valence-electron chi connectivity index (χ3n) is 6.79. The van der Waals surface area contributed by atoms with Crippen LogP contribution in [0.25, 0.3) is 0 Å². The predicted molar refractivity (Wildman–Crippen MR) is 86.6 cm³/mol. The summed E-state index contributed by atoms with van der Waals surface area (Å²) in [5.74, 6) is 5.63. The largest absolute Gasteiger partial charge is 0.355 e. The Kier molecular flexibility index (Phi) is 2.97. The molecule has 2 N–H and O–H groups in total. The highest BCUT2D eigenvalue weighted by molar-refractivity contribution is 5.41. The number of nitrogens with zero attached hydrogens (tertiary/aromatic N) is 3. The lowest BCUT2D eigenvalue weighted by molar-refractivity contribution is -0.00417. The Balaban J connectivity index is 1.43. The molecule has 5 aliphatic rings. The van der Waals surface area contributed by atoms with Gasteiger partial charge in [0.2, 0.25) is 0 Å². The summed E-state index contributed by atoms with van der Waals surface area (Å²) in [6.07, 6.45) is 10.2. The number of anilines is 1. The maximum Gasteiger partial charge on any atom is 0.132 e. The fraction of sp³-hybridized carbons (Fsp3) is 0.778. The summed E-state index contributed by atoms with van der Waals surface area (Å²) in [5, 5.41) is 0. The van der Waals surface area contributed by atoms with Crippen LogP contribution >= 0.6 is 0 Å². The van der Waals surface area contributed by atoms with E-state index in [1.807, 2.05) is 0 Å². The number of aromatic nitrogens is 2. The van der Waals surface area contributed by atoms with E-state index in [0.29, 0.717) is 12.0 Å². The molecule has 0 amide bonds. The van der Waals surface area contributed by atoms with Crippen LogP contribution in [0.1, 0.15) is 50.1 Å². The lowest BCUT2D eigenvalue weighted by atomic mass is 9.51. The number of nitrogens with two attached hydrogens (primary N) is 1. The summed E-state index contributed by atoms with van der Waals surface area (Å²) in [7, 11) is 0. The molecule has 1 saturated heterocycles. The average Bonchev–Trinajstić information content (AvgIpc) is 2.93. The Bertz CT molecular complexity index is 544. The molecule has 0 aromatic carbocycles. The van der Waals surface area contributed by atoms with Crippen molar-refractivity contribution in [3.63, 3.8) is 0 Å². The Morgan fingerprint density at radius 1 is 1.00 bits per heavy atom. The van der Waals surface area contributed by atoms with E-state index in [-0.39, 0.29) is 0 Å². The molecule has 4 nitrogen and oxygen atoms in total. The van der Waals surface area contributed by atoms with Crippen molar-refractivity contribution in [2.75, 3.05) is 18.0 Å². The molecule has 4 saturated carbocycles. The molecule has 1 aliphatic heterocycles. The fourth-order valence-electron chi connectivity index (χ4n) is 6.12. The first-order valence-electron chi connectivity index (χ1n) is 9.08. The van der Waals surface area contributed by atoms with Crippen LogP contribution in [0, 0.1) is 23.7 Å². The summed E-state index contributed by atoms with van der Waals surface area (Å²) in [5.41, 5.74) is 7.37. The molecule has 4 bridgehead atoms. The lowest BCUT2D eigenvalue weighted by Crippen LogP contribution is -2.44. The van der Waals surface area contributed by atoms with E-state index >= 15 is 0 Å². The van der Waals surface area contributed by atoms with Crippen LogP contribution in [0.15, 0.2) is 12.4 Å². The molecule has 22 heavy (non-hydrogen) atoms. The van der Waals surface area contributed by atoms with Gasteiger partial charge in [0.15, 0.2) is 0 Å².